The van der Waals surface area contributed by atoms with Crippen molar-refractivity contribution in [1.29, 1.82) is 0 Å². The number of hydrogen-bond acceptors (Lipinski definition) is 5. The van der Waals surface area contributed by atoms with Crippen molar-refractivity contribution in [2.45, 2.75) is 23.9 Å². The number of rotatable bonds is 7. The van der Waals surface area contributed by atoms with Crippen LogP contribution in [0.15, 0.2) is 76.5 Å². The number of sulfone groups is 1. The first kappa shape index (κ1) is 17.8. The second kappa shape index (κ2) is 7.93. The molecule has 0 fully saturated rings. The van der Waals surface area contributed by atoms with E-state index in [1.54, 1.807) is 30.3 Å². The molecule has 0 amide bonds. The van der Waals surface area contributed by atoms with Crippen molar-refractivity contribution in [3.05, 3.63) is 77.2 Å². The SMILES string of the molecule is CO[C@@H]1C=C(S(=O)(=O)c2ccccc2)[C@@H](COCc2ccccc2)O1. The van der Waals surface area contributed by atoms with Crippen molar-refractivity contribution in [1.82, 2.24) is 0 Å². The van der Waals surface area contributed by atoms with Crippen LogP contribution in [0, 0.1) is 0 Å². The van der Waals surface area contributed by atoms with E-state index in [1.165, 1.54) is 13.2 Å². The first-order valence-corrected chi connectivity index (χ1v) is 9.41. The predicted molar refractivity (Wildman–Crippen MR) is 93.5 cm³/mol. The van der Waals surface area contributed by atoms with Crippen molar-refractivity contribution in [3.63, 3.8) is 0 Å². The lowest BCUT2D eigenvalue weighted by atomic mass is 10.2. The average Bonchev–Trinajstić information content (AvgIpc) is 3.07. The van der Waals surface area contributed by atoms with E-state index in [0.717, 1.165) is 5.56 Å². The largest absolute Gasteiger partial charge is 0.374 e. The van der Waals surface area contributed by atoms with Crippen LogP contribution in [-0.4, -0.2) is 34.5 Å². The van der Waals surface area contributed by atoms with Gasteiger partial charge in [-0.1, -0.05) is 48.5 Å². The van der Waals surface area contributed by atoms with Gasteiger partial charge in [0.2, 0.25) is 9.84 Å². The van der Waals surface area contributed by atoms with Gasteiger partial charge in [-0.15, -0.1) is 0 Å². The molecule has 1 aliphatic heterocycles. The van der Waals surface area contributed by atoms with Crippen LogP contribution in [-0.2, 0) is 30.7 Å². The first-order valence-electron chi connectivity index (χ1n) is 7.93. The summed E-state index contributed by atoms with van der Waals surface area (Å²) < 4.78 is 42.2. The molecule has 6 heteroatoms. The highest BCUT2D eigenvalue weighted by Gasteiger charge is 2.36. The number of ether oxygens (including phenoxy) is 3. The summed E-state index contributed by atoms with van der Waals surface area (Å²) in [5.74, 6) is 0. The quantitative estimate of drug-likeness (QED) is 0.760. The fraction of sp³-hybridized carbons (Fsp3) is 0.263. The molecule has 2 aromatic rings. The molecule has 25 heavy (non-hydrogen) atoms. The van der Waals surface area contributed by atoms with E-state index >= 15 is 0 Å². The summed E-state index contributed by atoms with van der Waals surface area (Å²) in [5.41, 5.74) is 1.01. The van der Waals surface area contributed by atoms with E-state index < -0.39 is 22.2 Å². The molecule has 0 spiro atoms. The van der Waals surface area contributed by atoms with Gasteiger partial charge in [-0.05, 0) is 23.8 Å². The Hall–Kier alpha value is -1.99. The minimum absolute atomic E-state index is 0.132. The molecule has 0 radical (unpaired) electrons. The summed E-state index contributed by atoms with van der Waals surface area (Å²) in [6.45, 7) is 0.518. The summed E-state index contributed by atoms with van der Waals surface area (Å²) in [6, 6.07) is 18.0. The van der Waals surface area contributed by atoms with Crippen molar-refractivity contribution < 1.29 is 22.6 Å². The highest BCUT2D eigenvalue weighted by Crippen LogP contribution is 2.30. The Balaban J connectivity index is 1.74. The molecule has 0 aromatic heterocycles. The Labute approximate surface area is 147 Å². The molecule has 0 bridgehead atoms. The molecule has 1 aliphatic rings. The molecule has 132 valence electrons. The lowest BCUT2D eigenvalue weighted by molar-refractivity contribution is -0.116. The summed E-state index contributed by atoms with van der Waals surface area (Å²) >= 11 is 0. The van der Waals surface area contributed by atoms with Crippen LogP contribution in [0.2, 0.25) is 0 Å². The van der Waals surface area contributed by atoms with Gasteiger partial charge < -0.3 is 14.2 Å². The van der Waals surface area contributed by atoms with Gasteiger partial charge in [-0.3, -0.25) is 0 Å². The van der Waals surface area contributed by atoms with Crippen molar-refractivity contribution in [2.75, 3.05) is 13.7 Å². The standard InChI is InChI=1S/C19H20O5S/c1-22-19-12-18(25(20,21)16-10-6-3-7-11-16)17(24-19)14-23-13-15-8-4-2-5-9-15/h2-12,17,19H,13-14H2,1H3/t17-,19+/m1/s1. The van der Waals surface area contributed by atoms with Crippen LogP contribution in [0.25, 0.3) is 0 Å². The van der Waals surface area contributed by atoms with Crippen molar-refractivity contribution in [2.24, 2.45) is 0 Å². The molecule has 0 saturated carbocycles. The van der Waals surface area contributed by atoms with E-state index in [2.05, 4.69) is 0 Å². The van der Waals surface area contributed by atoms with Gasteiger partial charge in [-0.2, -0.15) is 0 Å². The zero-order valence-corrected chi connectivity index (χ0v) is 14.7. The first-order chi connectivity index (χ1) is 12.1. The highest BCUT2D eigenvalue weighted by molar-refractivity contribution is 7.95. The van der Waals surface area contributed by atoms with Gasteiger partial charge in [0.25, 0.3) is 0 Å². The fourth-order valence-corrected chi connectivity index (χ4v) is 4.16. The Morgan fingerprint density at radius 2 is 1.64 bits per heavy atom. The minimum Gasteiger partial charge on any atom is -0.374 e. The summed E-state index contributed by atoms with van der Waals surface area (Å²) in [5, 5.41) is 0. The van der Waals surface area contributed by atoms with E-state index in [4.69, 9.17) is 14.2 Å². The minimum atomic E-state index is -3.65. The van der Waals surface area contributed by atoms with E-state index in [1.807, 2.05) is 30.3 Å². The molecule has 2 atom stereocenters. The number of methoxy groups -OCH3 is 1. The maximum Gasteiger partial charge on any atom is 0.205 e. The van der Waals surface area contributed by atoms with Gasteiger partial charge in [0, 0.05) is 7.11 Å². The molecule has 0 aliphatic carbocycles. The molecule has 0 saturated heterocycles. The lowest BCUT2D eigenvalue weighted by Crippen LogP contribution is -2.24. The Bertz CT molecular complexity index is 815. The number of benzene rings is 2. The molecule has 3 rings (SSSR count). The normalized spacial score (nSPS) is 20.4. The highest BCUT2D eigenvalue weighted by atomic mass is 32.2. The maximum absolute atomic E-state index is 12.9. The second-order valence-corrected chi connectivity index (χ2v) is 7.56. The van der Waals surface area contributed by atoms with E-state index in [9.17, 15) is 8.42 Å². The Kier molecular flexibility index (Phi) is 5.65. The van der Waals surface area contributed by atoms with Crippen molar-refractivity contribution in [3.8, 4) is 0 Å². The van der Waals surface area contributed by atoms with Crippen LogP contribution in [0.3, 0.4) is 0 Å². The van der Waals surface area contributed by atoms with Crippen LogP contribution in [0.5, 0.6) is 0 Å². The van der Waals surface area contributed by atoms with Gasteiger partial charge in [0.1, 0.15) is 6.10 Å². The summed E-state index contributed by atoms with van der Waals surface area (Å²) in [4.78, 5) is 0.410. The third-order valence-corrected chi connectivity index (χ3v) is 5.81. The van der Waals surface area contributed by atoms with Gasteiger partial charge >= 0.3 is 0 Å². The third kappa shape index (κ3) is 4.16. The molecule has 0 unspecified atom stereocenters. The topological polar surface area (TPSA) is 61.8 Å². The Morgan fingerprint density at radius 3 is 2.28 bits per heavy atom. The zero-order chi connectivity index (χ0) is 17.7. The zero-order valence-electron chi connectivity index (χ0n) is 13.9. The van der Waals surface area contributed by atoms with Gasteiger partial charge in [0.05, 0.1) is 23.0 Å². The van der Waals surface area contributed by atoms with Crippen LogP contribution in [0.1, 0.15) is 5.56 Å². The smallest absolute Gasteiger partial charge is 0.205 e. The monoisotopic (exact) mass is 360 g/mol. The molecular formula is C19H20O5S. The van der Waals surface area contributed by atoms with E-state index in [-0.39, 0.29) is 16.4 Å². The molecular weight excluding hydrogens is 340 g/mol. The Morgan fingerprint density at radius 1 is 1.00 bits per heavy atom. The van der Waals surface area contributed by atoms with Gasteiger partial charge in [0.15, 0.2) is 6.29 Å². The summed E-state index contributed by atoms with van der Waals surface area (Å²) in [6.07, 6.45) is 0.108. The molecule has 1 heterocycles. The predicted octanol–water partition coefficient (Wildman–Crippen LogP) is 2.93. The molecule has 5 nitrogen and oxygen atoms in total. The maximum atomic E-state index is 12.9. The van der Waals surface area contributed by atoms with Crippen LogP contribution in [0.4, 0.5) is 0 Å². The average molecular weight is 360 g/mol. The van der Waals surface area contributed by atoms with Gasteiger partial charge in [-0.25, -0.2) is 8.42 Å². The fourth-order valence-electron chi connectivity index (χ4n) is 2.61. The molecule has 2 aromatic carbocycles. The van der Waals surface area contributed by atoms with Crippen molar-refractivity contribution >= 4 is 9.84 Å². The number of hydrogen-bond donors (Lipinski definition) is 0. The van der Waals surface area contributed by atoms with Crippen LogP contribution < -0.4 is 0 Å². The molecule has 0 N–H and O–H groups in total. The lowest BCUT2D eigenvalue weighted by Gasteiger charge is -2.17. The van der Waals surface area contributed by atoms with E-state index in [0.29, 0.717) is 6.61 Å². The second-order valence-electron chi connectivity index (χ2n) is 5.62. The third-order valence-electron chi connectivity index (χ3n) is 3.89. The van der Waals surface area contributed by atoms with Crippen LogP contribution >= 0.6 is 0 Å². The summed E-state index contributed by atoms with van der Waals surface area (Å²) in [7, 11) is -2.18.